The molecule has 0 radical (unpaired) electrons. The molecule has 0 N–H and O–H groups in total. The van der Waals surface area contributed by atoms with Crippen LogP contribution in [0.5, 0.6) is 0 Å². The lowest BCUT2D eigenvalue weighted by Crippen LogP contribution is -1.92. The Hall–Kier alpha value is -3.46. The maximum absolute atomic E-state index is 6.03. The molecule has 0 bridgehead atoms. The van der Waals surface area contributed by atoms with Crippen LogP contribution in [0.25, 0.3) is 33.3 Å². The van der Waals surface area contributed by atoms with Crippen LogP contribution in [0.1, 0.15) is 36.6 Å². The van der Waals surface area contributed by atoms with Crippen LogP contribution in [0.4, 0.5) is 0 Å². The Balaban J connectivity index is 1.60. The van der Waals surface area contributed by atoms with E-state index in [0.29, 0.717) is 5.92 Å². The molecule has 3 heterocycles. The fraction of sp³-hybridized carbons (Fsp3) is 0.154. The molecule has 5 aromatic rings. The van der Waals surface area contributed by atoms with Crippen LogP contribution in [-0.4, -0.2) is 9.97 Å². The minimum atomic E-state index is 0.470. The minimum Gasteiger partial charge on any atom is -0.454 e. The van der Waals surface area contributed by atoms with Gasteiger partial charge in [-0.25, -0.2) is 4.98 Å². The summed E-state index contributed by atoms with van der Waals surface area (Å²) >= 11 is 0. The smallest absolute Gasteiger partial charge is 0.153 e. The van der Waals surface area contributed by atoms with Gasteiger partial charge in [-0.3, -0.25) is 4.98 Å². The molecule has 0 saturated carbocycles. The number of hydrogen-bond acceptors (Lipinski definition) is 3. The van der Waals surface area contributed by atoms with Gasteiger partial charge in [-0.1, -0.05) is 44.2 Å². The first-order chi connectivity index (χ1) is 14.2. The maximum Gasteiger partial charge on any atom is 0.153 e. The Morgan fingerprint density at radius 1 is 0.862 bits per heavy atom. The number of nitrogens with zero attached hydrogens (tertiary/aromatic N) is 2. The average molecular weight is 378 g/mol. The molecule has 0 atom stereocenters. The van der Waals surface area contributed by atoms with Gasteiger partial charge in [-0.2, -0.15) is 0 Å². The Kier molecular flexibility index (Phi) is 4.36. The van der Waals surface area contributed by atoms with Gasteiger partial charge in [0.1, 0.15) is 11.1 Å². The molecule has 0 saturated heterocycles. The van der Waals surface area contributed by atoms with E-state index in [9.17, 15) is 0 Å². The molecular weight excluding hydrogens is 356 g/mol. The van der Waals surface area contributed by atoms with Gasteiger partial charge in [0.15, 0.2) is 5.58 Å². The second-order valence-electron chi connectivity index (χ2n) is 7.75. The third-order valence-corrected chi connectivity index (χ3v) is 5.34. The normalized spacial score (nSPS) is 11.6. The molecule has 0 fully saturated rings. The maximum atomic E-state index is 6.03. The highest BCUT2D eigenvalue weighted by Gasteiger charge is 2.12. The lowest BCUT2D eigenvalue weighted by molar-refractivity contribution is 0.668. The zero-order valence-electron chi connectivity index (χ0n) is 16.6. The van der Waals surface area contributed by atoms with Gasteiger partial charge in [0.25, 0.3) is 0 Å². The zero-order chi connectivity index (χ0) is 19.8. The van der Waals surface area contributed by atoms with Gasteiger partial charge in [0.2, 0.25) is 0 Å². The molecule has 3 heteroatoms. The summed E-state index contributed by atoms with van der Waals surface area (Å²) < 4.78 is 6.03. The van der Waals surface area contributed by atoms with Crippen LogP contribution in [0, 0.1) is 0 Å². The highest BCUT2D eigenvalue weighted by molar-refractivity contribution is 6.03. The molecule has 5 rings (SSSR count). The van der Waals surface area contributed by atoms with Crippen molar-refractivity contribution in [3.63, 3.8) is 0 Å². The molecule has 0 aliphatic heterocycles. The standard InChI is InChI=1S/C26H22N2O/c1-17(2)19-12-13-27-23(16-19)20-8-10-24-22(15-20)26-25(29-24)11-9-21(28-26)14-18-6-4-3-5-7-18/h3-13,15-17H,14H2,1-2H3. The Labute approximate surface area is 170 Å². The Bertz CT molecular complexity index is 1300. The van der Waals surface area contributed by atoms with Crippen LogP contribution < -0.4 is 0 Å². The van der Waals surface area contributed by atoms with Crippen molar-refractivity contribution in [2.75, 3.05) is 0 Å². The summed E-state index contributed by atoms with van der Waals surface area (Å²) in [5.41, 5.74) is 8.22. The average Bonchev–Trinajstić information content (AvgIpc) is 3.12. The highest BCUT2D eigenvalue weighted by Crippen LogP contribution is 2.32. The van der Waals surface area contributed by atoms with Gasteiger partial charge in [0, 0.05) is 29.3 Å². The van der Waals surface area contributed by atoms with Crippen LogP contribution in [0.2, 0.25) is 0 Å². The number of rotatable bonds is 4. The van der Waals surface area contributed by atoms with E-state index in [2.05, 4.69) is 67.4 Å². The Morgan fingerprint density at radius 2 is 1.69 bits per heavy atom. The molecule has 0 aliphatic carbocycles. The third kappa shape index (κ3) is 3.40. The van der Waals surface area contributed by atoms with Crippen LogP contribution in [0.15, 0.2) is 83.4 Å². The van der Waals surface area contributed by atoms with Gasteiger partial charge in [-0.15, -0.1) is 0 Å². The zero-order valence-corrected chi connectivity index (χ0v) is 16.6. The number of furan rings is 1. The SMILES string of the molecule is CC(C)c1ccnc(-c2ccc3oc4ccc(Cc5ccccc5)nc4c3c2)c1. The van der Waals surface area contributed by atoms with Crippen molar-refractivity contribution >= 4 is 22.1 Å². The minimum absolute atomic E-state index is 0.470. The van der Waals surface area contributed by atoms with Crippen LogP contribution >= 0.6 is 0 Å². The summed E-state index contributed by atoms with van der Waals surface area (Å²) in [6, 6.07) is 25.0. The summed E-state index contributed by atoms with van der Waals surface area (Å²) in [6.07, 6.45) is 2.69. The monoisotopic (exact) mass is 378 g/mol. The van der Waals surface area contributed by atoms with E-state index in [1.807, 2.05) is 30.5 Å². The molecule has 142 valence electrons. The van der Waals surface area contributed by atoms with Gasteiger partial charge < -0.3 is 4.42 Å². The predicted octanol–water partition coefficient (Wildman–Crippen LogP) is 6.76. The van der Waals surface area contributed by atoms with Crippen molar-refractivity contribution in [3.05, 3.63) is 95.8 Å². The van der Waals surface area contributed by atoms with E-state index < -0.39 is 0 Å². The van der Waals surface area contributed by atoms with E-state index in [4.69, 9.17) is 9.40 Å². The second-order valence-corrected chi connectivity index (χ2v) is 7.75. The molecule has 0 spiro atoms. The first-order valence-corrected chi connectivity index (χ1v) is 10.00. The quantitative estimate of drug-likeness (QED) is 0.347. The lowest BCUT2D eigenvalue weighted by atomic mass is 10.0. The Morgan fingerprint density at radius 3 is 2.52 bits per heavy atom. The molecule has 2 aromatic carbocycles. The van der Waals surface area contributed by atoms with Gasteiger partial charge >= 0.3 is 0 Å². The summed E-state index contributed by atoms with van der Waals surface area (Å²) in [6.45, 7) is 4.40. The van der Waals surface area contributed by atoms with E-state index in [0.717, 1.165) is 45.4 Å². The second kappa shape index (κ2) is 7.17. The van der Waals surface area contributed by atoms with Crippen molar-refractivity contribution < 1.29 is 4.42 Å². The fourth-order valence-electron chi connectivity index (χ4n) is 3.71. The topological polar surface area (TPSA) is 38.9 Å². The summed E-state index contributed by atoms with van der Waals surface area (Å²) in [4.78, 5) is 9.51. The lowest BCUT2D eigenvalue weighted by Gasteiger charge is -2.07. The molecule has 3 aromatic heterocycles. The van der Waals surface area contributed by atoms with Gasteiger partial charge in [0.05, 0.1) is 5.69 Å². The number of pyridine rings is 2. The third-order valence-electron chi connectivity index (χ3n) is 5.34. The first-order valence-electron chi connectivity index (χ1n) is 10.00. The molecule has 3 nitrogen and oxygen atoms in total. The van der Waals surface area contributed by atoms with E-state index >= 15 is 0 Å². The predicted molar refractivity (Wildman–Crippen MR) is 118 cm³/mol. The van der Waals surface area contributed by atoms with Crippen molar-refractivity contribution in [2.24, 2.45) is 0 Å². The number of benzene rings is 2. The molecule has 0 aliphatic rings. The van der Waals surface area contributed by atoms with Crippen LogP contribution in [-0.2, 0) is 6.42 Å². The van der Waals surface area contributed by atoms with Crippen molar-refractivity contribution in [3.8, 4) is 11.3 Å². The van der Waals surface area contributed by atoms with Gasteiger partial charge in [-0.05, 0) is 59.5 Å². The first kappa shape index (κ1) is 17.6. The number of fused-ring (bicyclic) bond motifs is 3. The van der Waals surface area contributed by atoms with Crippen molar-refractivity contribution in [1.82, 2.24) is 9.97 Å². The molecule has 0 amide bonds. The summed E-state index contributed by atoms with van der Waals surface area (Å²) in [7, 11) is 0. The van der Waals surface area contributed by atoms with Crippen molar-refractivity contribution in [1.29, 1.82) is 0 Å². The molecule has 29 heavy (non-hydrogen) atoms. The van der Waals surface area contributed by atoms with Crippen LogP contribution in [0.3, 0.4) is 0 Å². The number of hydrogen-bond donors (Lipinski definition) is 0. The largest absolute Gasteiger partial charge is 0.454 e. The summed E-state index contributed by atoms with van der Waals surface area (Å²) in [5, 5.41) is 1.03. The molecular formula is C26H22N2O. The number of aromatic nitrogens is 2. The van der Waals surface area contributed by atoms with Crippen molar-refractivity contribution in [2.45, 2.75) is 26.2 Å². The van der Waals surface area contributed by atoms with E-state index in [1.165, 1.54) is 11.1 Å². The van der Waals surface area contributed by atoms with E-state index in [1.54, 1.807) is 0 Å². The summed E-state index contributed by atoms with van der Waals surface area (Å²) in [5.74, 6) is 0.470. The molecule has 0 unspecified atom stereocenters. The highest BCUT2D eigenvalue weighted by atomic mass is 16.3. The van der Waals surface area contributed by atoms with E-state index in [-0.39, 0.29) is 0 Å². The fourth-order valence-corrected chi connectivity index (χ4v) is 3.71.